The molecule has 1 aromatic carbocycles. The van der Waals surface area contributed by atoms with Gasteiger partial charge in [0.15, 0.2) is 0 Å². The van der Waals surface area contributed by atoms with Crippen LogP contribution in [-0.4, -0.2) is 11.0 Å². The summed E-state index contributed by atoms with van der Waals surface area (Å²) in [4.78, 5) is 4.27. The fraction of sp³-hybridized carbons (Fsp3) is 0.267. The Balaban J connectivity index is 2.27. The van der Waals surface area contributed by atoms with Crippen molar-refractivity contribution in [3.8, 4) is 11.1 Å². The van der Waals surface area contributed by atoms with Gasteiger partial charge in [-0.2, -0.15) is 0 Å². The van der Waals surface area contributed by atoms with Gasteiger partial charge in [0.05, 0.1) is 0 Å². The molecule has 0 amide bonds. The molecule has 0 atom stereocenters. The summed E-state index contributed by atoms with van der Waals surface area (Å²) in [7, 11) is 0. The second-order valence-electron chi connectivity index (χ2n) is 4.78. The predicted molar refractivity (Wildman–Crippen MR) is 81.7 cm³/mol. The average Bonchev–Trinajstić information content (AvgIpc) is 2.35. The largest absolute Gasteiger partial charge is 0.310 e. The third-order valence-electron chi connectivity index (χ3n) is 2.71. The molecule has 0 aliphatic rings. The maximum atomic E-state index is 6.03. The molecule has 100 valence electrons. The smallest absolute Gasteiger partial charge is 0.0426 e. The molecule has 0 saturated carbocycles. The number of rotatable bonds is 4. The lowest BCUT2D eigenvalue weighted by Crippen LogP contribution is -2.21. The van der Waals surface area contributed by atoms with Crippen LogP contribution in [-0.2, 0) is 6.54 Å². The molecule has 0 fully saturated rings. The average molecular weight is 295 g/mol. The monoisotopic (exact) mass is 294 g/mol. The highest BCUT2D eigenvalue weighted by Crippen LogP contribution is 2.27. The Labute approximate surface area is 123 Å². The minimum atomic E-state index is 0.448. The fourth-order valence-corrected chi connectivity index (χ4v) is 2.31. The van der Waals surface area contributed by atoms with Crippen molar-refractivity contribution in [2.45, 2.75) is 26.4 Å². The zero-order valence-corrected chi connectivity index (χ0v) is 12.5. The van der Waals surface area contributed by atoms with Crippen molar-refractivity contribution in [3.05, 3.63) is 52.3 Å². The standard InChI is InChI=1S/C15H16Cl2N2/c1-10(2)19-8-11-3-13(9-18-7-11)12-4-14(16)6-15(17)5-12/h3-7,9-10,19H,8H2,1-2H3. The highest BCUT2D eigenvalue weighted by atomic mass is 35.5. The SMILES string of the molecule is CC(C)NCc1cncc(-c2cc(Cl)cc(Cl)c2)c1. The molecule has 0 bridgehead atoms. The van der Waals surface area contributed by atoms with Crippen molar-refractivity contribution >= 4 is 23.2 Å². The molecule has 19 heavy (non-hydrogen) atoms. The highest BCUT2D eigenvalue weighted by Gasteiger charge is 2.04. The molecule has 0 aliphatic heterocycles. The number of pyridine rings is 1. The Morgan fingerprint density at radius 2 is 1.68 bits per heavy atom. The van der Waals surface area contributed by atoms with E-state index < -0.39 is 0 Å². The zero-order valence-electron chi connectivity index (χ0n) is 11.0. The number of benzene rings is 1. The lowest BCUT2D eigenvalue weighted by atomic mass is 10.1. The quantitative estimate of drug-likeness (QED) is 0.894. The van der Waals surface area contributed by atoms with E-state index in [0.29, 0.717) is 16.1 Å². The van der Waals surface area contributed by atoms with Crippen LogP contribution in [0.25, 0.3) is 11.1 Å². The van der Waals surface area contributed by atoms with E-state index in [0.717, 1.165) is 23.2 Å². The van der Waals surface area contributed by atoms with Crippen LogP contribution in [0.4, 0.5) is 0 Å². The van der Waals surface area contributed by atoms with Gasteiger partial charge in [-0.1, -0.05) is 37.0 Å². The van der Waals surface area contributed by atoms with Crippen molar-refractivity contribution in [2.24, 2.45) is 0 Å². The van der Waals surface area contributed by atoms with Crippen LogP contribution >= 0.6 is 23.2 Å². The maximum Gasteiger partial charge on any atom is 0.0426 e. The number of hydrogen-bond acceptors (Lipinski definition) is 2. The number of hydrogen-bond donors (Lipinski definition) is 1. The van der Waals surface area contributed by atoms with E-state index in [4.69, 9.17) is 23.2 Å². The number of halogens is 2. The molecule has 1 heterocycles. The van der Waals surface area contributed by atoms with Crippen LogP contribution in [0.15, 0.2) is 36.7 Å². The van der Waals surface area contributed by atoms with Gasteiger partial charge in [-0.05, 0) is 35.4 Å². The van der Waals surface area contributed by atoms with Gasteiger partial charge < -0.3 is 5.32 Å². The van der Waals surface area contributed by atoms with Crippen molar-refractivity contribution < 1.29 is 0 Å². The van der Waals surface area contributed by atoms with E-state index in [1.807, 2.05) is 24.5 Å². The first-order chi connectivity index (χ1) is 9.04. The van der Waals surface area contributed by atoms with Gasteiger partial charge in [0.2, 0.25) is 0 Å². The van der Waals surface area contributed by atoms with Crippen molar-refractivity contribution in [1.29, 1.82) is 0 Å². The molecule has 1 aromatic heterocycles. The molecule has 2 nitrogen and oxygen atoms in total. The van der Waals surface area contributed by atoms with Gasteiger partial charge in [-0.15, -0.1) is 0 Å². The first-order valence-corrected chi connectivity index (χ1v) is 6.94. The minimum Gasteiger partial charge on any atom is -0.310 e. The van der Waals surface area contributed by atoms with Gasteiger partial charge in [0.1, 0.15) is 0 Å². The Hall–Kier alpha value is -1.09. The highest BCUT2D eigenvalue weighted by molar-refractivity contribution is 6.35. The molecule has 1 N–H and O–H groups in total. The summed E-state index contributed by atoms with van der Waals surface area (Å²) in [5, 5.41) is 4.64. The summed E-state index contributed by atoms with van der Waals surface area (Å²) >= 11 is 12.1. The number of nitrogens with one attached hydrogen (secondary N) is 1. The molecular weight excluding hydrogens is 279 g/mol. The lowest BCUT2D eigenvalue weighted by Gasteiger charge is -2.09. The fourth-order valence-electron chi connectivity index (χ4n) is 1.78. The van der Waals surface area contributed by atoms with E-state index in [-0.39, 0.29) is 0 Å². The number of nitrogens with zero attached hydrogens (tertiary/aromatic N) is 1. The normalized spacial score (nSPS) is 11.0. The van der Waals surface area contributed by atoms with E-state index in [9.17, 15) is 0 Å². The lowest BCUT2D eigenvalue weighted by molar-refractivity contribution is 0.588. The predicted octanol–water partition coefficient (Wildman–Crippen LogP) is 4.55. The summed E-state index contributed by atoms with van der Waals surface area (Å²) in [6.45, 7) is 5.04. The molecule has 4 heteroatoms. The molecule has 0 spiro atoms. The van der Waals surface area contributed by atoms with Gasteiger partial charge in [0.25, 0.3) is 0 Å². The molecule has 2 rings (SSSR count). The third-order valence-corrected chi connectivity index (χ3v) is 3.14. The van der Waals surface area contributed by atoms with Gasteiger partial charge in [-0.25, -0.2) is 0 Å². The Bertz CT molecular complexity index is 548. The van der Waals surface area contributed by atoms with E-state index >= 15 is 0 Å². The van der Waals surface area contributed by atoms with Crippen LogP contribution in [0, 0.1) is 0 Å². The summed E-state index contributed by atoms with van der Waals surface area (Å²) < 4.78 is 0. The minimum absolute atomic E-state index is 0.448. The summed E-state index contributed by atoms with van der Waals surface area (Å²) in [6, 6.07) is 8.06. The van der Waals surface area contributed by atoms with Gasteiger partial charge in [0, 0.05) is 40.6 Å². The van der Waals surface area contributed by atoms with Crippen LogP contribution in [0.3, 0.4) is 0 Å². The van der Waals surface area contributed by atoms with Crippen LogP contribution in [0.1, 0.15) is 19.4 Å². The van der Waals surface area contributed by atoms with Gasteiger partial charge >= 0.3 is 0 Å². The first kappa shape index (κ1) is 14.3. The molecule has 0 saturated heterocycles. The topological polar surface area (TPSA) is 24.9 Å². The molecule has 0 radical (unpaired) electrons. The van der Waals surface area contributed by atoms with Crippen molar-refractivity contribution in [2.75, 3.05) is 0 Å². The van der Waals surface area contributed by atoms with Crippen LogP contribution < -0.4 is 5.32 Å². The van der Waals surface area contributed by atoms with Crippen molar-refractivity contribution in [1.82, 2.24) is 10.3 Å². The molecular formula is C15H16Cl2N2. The Kier molecular flexibility index (Phi) is 4.81. The van der Waals surface area contributed by atoms with Crippen molar-refractivity contribution in [3.63, 3.8) is 0 Å². The second-order valence-corrected chi connectivity index (χ2v) is 5.65. The first-order valence-electron chi connectivity index (χ1n) is 6.18. The summed E-state index contributed by atoms with van der Waals surface area (Å²) in [5.74, 6) is 0. The van der Waals surface area contributed by atoms with Gasteiger partial charge in [-0.3, -0.25) is 4.98 Å². The van der Waals surface area contributed by atoms with Crippen LogP contribution in [0.2, 0.25) is 10.0 Å². The maximum absolute atomic E-state index is 6.03. The molecule has 0 unspecified atom stereocenters. The summed E-state index contributed by atoms with van der Waals surface area (Å²) in [5.41, 5.74) is 3.14. The van der Waals surface area contributed by atoms with Crippen LogP contribution in [0.5, 0.6) is 0 Å². The third kappa shape index (κ3) is 4.20. The summed E-state index contributed by atoms with van der Waals surface area (Å²) in [6.07, 6.45) is 3.69. The van der Waals surface area contributed by atoms with E-state index in [2.05, 4.69) is 30.2 Å². The molecule has 0 aliphatic carbocycles. The van der Waals surface area contributed by atoms with E-state index in [1.54, 1.807) is 6.07 Å². The zero-order chi connectivity index (χ0) is 13.8. The second kappa shape index (κ2) is 6.38. The number of aromatic nitrogens is 1. The Morgan fingerprint density at radius 3 is 2.32 bits per heavy atom. The van der Waals surface area contributed by atoms with E-state index in [1.165, 1.54) is 0 Å². The Morgan fingerprint density at radius 1 is 1.00 bits per heavy atom. The molecule has 2 aromatic rings.